The number of nitrogens with zero attached hydrogens (tertiary/aromatic N) is 2. The van der Waals surface area contributed by atoms with E-state index in [1.54, 1.807) is 54.6 Å². The molecule has 0 spiro atoms. The number of H-pyrrole nitrogens is 1. The molecule has 38 heavy (non-hydrogen) atoms. The van der Waals surface area contributed by atoms with Gasteiger partial charge in [-0.05, 0) is 11.1 Å². The summed E-state index contributed by atoms with van der Waals surface area (Å²) in [6, 6.07) is 15.7. The number of carbonyl (C=O) groups excluding carboxylic acids is 4. The van der Waals surface area contributed by atoms with E-state index in [4.69, 9.17) is 5.11 Å². The van der Waals surface area contributed by atoms with Gasteiger partial charge in [-0.2, -0.15) is 15.4 Å². The van der Waals surface area contributed by atoms with Crippen LogP contribution in [-0.2, 0) is 32.0 Å². The summed E-state index contributed by atoms with van der Waals surface area (Å²) in [5.74, 6) is -3.84. The van der Waals surface area contributed by atoms with Gasteiger partial charge in [-0.25, -0.2) is 0 Å². The number of rotatable bonds is 13. The second-order valence-electron chi connectivity index (χ2n) is 8.21. The summed E-state index contributed by atoms with van der Waals surface area (Å²) in [5, 5.41) is 28.3. The molecular formula is C25H27N7O6. The van der Waals surface area contributed by atoms with Gasteiger partial charge in [-0.15, -0.1) is 0 Å². The lowest BCUT2D eigenvalue weighted by Crippen LogP contribution is -2.53. The lowest BCUT2D eigenvalue weighted by Gasteiger charge is -2.20. The molecule has 3 rings (SSSR count). The van der Waals surface area contributed by atoms with Crippen molar-refractivity contribution in [1.82, 2.24) is 36.7 Å². The summed E-state index contributed by atoms with van der Waals surface area (Å²) in [7, 11) is 0. The van der Waals surface area contributed by atoms with Crippen molar-refractivity contribution in [1.29, 1.82) is 0 Å². The van der Waals surface area contributed by atoms with Crippen LogP contribution in [0.4, 0.5) is 0 Å². The van der Waals surface area contributed by atoms with Crippen molar-refractivity contribution in [3.8, 4) is 0 Å². The average molecular weight is 522 g/mol. The Morgan fingerprint density at radius 3 is 1.79 bits per heavy atom. The van der Waals surface area contributed by atoms with Crippen LogP contribution in [0.15, 0.2) is 66.9 Å². The molecule has 0 fully saturated rings. The number of aromatic nitrogens is 3. The molecule has 13 nitrogen and oxygen atoms in total. The van der Waals surface area contributed by atoms with Crippen LogP contribution < -0.4 is 21.3 Å². The number of aliphatic carboxylic acids is 1. The number of amides is 4. The van der Waals surface area contributed by atoms with Gasteiger partial charge in [0.2, 0.25) is 17.7 Å². The molecule has 4 amide bonds. The van der Waals surface area contributed by atoms with E-state index in [0.29, 0.717) is 0 Å². The normalized spacial score (nSPS) is 12.0. The Balaban J connectivity index is 1.63. The molecule has 1 aromatic heterocycles. The van der Waals surface area contributed by atoms with Gasteiger partial charge in [-0.1, -0.05) is 60.7 Å². The average Bonchev–Trinajstić information content (AvgIpc) is 3.46. The molecule has 0 aliphatic rings. The van der Waals surface area contributed by atoms with E-state index in [1.807, 2.05) is 6.07 Å². The molecule has 6 N–H and O–H groups in total. The summed E-state index contributed by atoms with van der Waals surface area (Å²) in [5.41, 5.74) is 1.51. The molecular weight excluding hydrogens is 494 g/mol. The minimum Gasteiger partial charge on any atom is -0.480 e. The minimum atomic E-state index is -1.23. The fourth-order valence-electron chi connectivity index (χ4n) is 3.48. The SMILES string of the molecule is O=C(O)CNC(=O)[C@H](Cc1ccccc1)NC(=O)CNC(=O)[C@H](Cc1ccccc1)NC(=O)c1cn[nH]n1. The van der Waals surface area contributed by atoms with E-state index in [-0.39, 0.29) is 18.5 Å². The van der Waals surface area contributed by atoms with Crippen LogP contribution in [0.1, 0.15) is 21.6 Å². The van der Waals surface area contributed by atoms with Gasteiger partial charge in [-0.3, -0.25) is 24.0 Å². The highest BCUT2D eigenvalue weighted by atomic mass is 16.4. The number of hydrogen-bond acceptors (Lipinski definition) is 7. The Morgan fingerprint density at radius 1 is 0.763 bits per heavy atom. The lowest BCUT2D eigenvalue weighted by molar-refractivity contribution is -0.138. The molecule has 1 heterocycles. The topological polar surface area (TPSA) is 195 Å². The maximum absolute atomic E-state index is 13.0. The molecule has 0 bridgehead atoms. The number of nitrogens with one attached hydrogen (secondary N) is 5. The number of hydrogen-bond donors (Lipinski definition) is 6. The largest absolute Gasteiger partial charge is 0.480 e. The highest BCUT2D eigenvalue weighted by molar-refractivity contribution is 5.97. The third-order valence-corrected chi connectivity index (χ3v) is 5.32. The molecule has 0 radical (unpaired) electrons. The number of carbonyl (C=O) groups is 5. The summed E-state index contributed by atoms with van der Waals surface area (Å²) in [6.07, 6.45) is 1.46. The number of benzene rings is 2. The molecule has 0 unspecified atom stereocenters. The first kappa shape index (κ1) is 27.5. The highest BCUT2D eigenvalue weighted by Gasteiger charge is 2.25. The zero-order valence-corrected chi connectivity index (χ0v) is 20.2. The van der Waals surface area contributed by atoms with Crippen LogP contribution in [0.2, 0.25) is 0 Å². The first-order chi connectivity index (χ1) is 18.3. The third kappa shape index (κ3) is 8.86. The van der Waals surface area contributed by atoms with Crippen molar-refractivity contribution in [2.24, 2.45) is 0 Å². The van der Waals surface area contributed by atoms with Crippen LogP contribution in [-0.4, -0.2) is 75.3 Å². The Hall–Kier alpha value is -5.07. The zero-order valence-electron chi connectivity index (χ0n) is 20.2. The van der Waals surface area contributed by atoms with Crippen LogP contribution in [0, 0.1) is 0 Å². The predicted octanol–water partition coefficient (Wildman–Crippen LogP) is -0.810. The van der Waals surface area contributed by atoms with Gasteiger partial charge >= 0.3 is 5.97 Å². The van der Waals surface area contributed by atoms with E-state index < -0.39 is 54.8 Å². The van der Waals surface area contributed by atoms with E-state index >= 15 is 0 Å². The van der Waals surface area contributed by atoms with Gasteiger partial charge in [0.15, 0.2) is 5.69 Å². The van der Waals surface area contributed by atoms with Gasteiger partial charge in [0.1, 0.15) is 18.6 Å². The van der Waals surface area contributed by atoms with Crippen molar-refractivity contribution in [2.75, 3.05) is 13.1 Å². The van der Waals surface area contributed by atoms with Crippen molar-refractivity contribution in [3.05, 3.63) is 83.7 Å². The fraction of sp³-hybridized carbons (Fsp3) is 0.240. The van der Waals surface area contributed by atoms with E-state index in [0.717, 1.165) is 11.1 Å². The molecule has 0 saturated heterocycles. The van der Waals surface area contributed by atoms with Crippen molar-refractivity contribution in [2.45, 2.75) is 24.9 Å². The zero-order chi connectivity index (χ0) is 27.3. The van der Waals surface area contributed by atoms with Crippen LogP contribution in [0.3, 0.4) is 0 Å². The monoisotopic (exact) mass is 521 g/mol. The second kappa shape index (κ2) is 13.9. The Morgan fingerprint density at radius 2 is 1.29 bits per heavy atom. The Bertz CT molecular complexity index is 1240. The second-order valence-corrected chi connectivity index (χ2v) is 8.21. The predicted molar refractivity (Wildman–Crippen MR) is 134 cm³/mol. The Labute approximate surface area is 217 Å². The maximum atomic E-state index is 13.0. The first-order valence-corrected chi connectivity index (χ1v) is 11.6. The molecule has 2 aromatic carbocycles. The Kier molecular flexibility index (Phi) is 10.0. The number of carboxylic acids is 1. The summed E-state index contributed by atoms with van der Waals surface area (Å²) in [6.45, 7) is -1.09. The third-order valence-electron chi connectivity index (χ3n) is 5.32. The van der Waals surface area contributed by atoms with E-state index in [2.05, 4.69) is 36.7 Å². The summed E-state index contributed by atoms with van der Waals surface area (Å²) in [4.78, 5) is 61.4. The van der Waals surface area contributed by atoms with Gasteiger partial charge in [0.25, 0.3) is 5.91 Å². The number of carboxylic acid groups (broad SMARTS) is 1. The van der Waals surface area contributed by atoms with E-state index in [1.165, 1.54) is 6.20 Å². The maximum Gasteiger partial charge on any atom is 0.322 e. The smallest absolute Gasteiger partial charge is 0.322 e. The van der Waals surface area contributed by atoms with E-state index in [9.17, 15) is 24.0 Å². The molecule has 3 aromatic rings. The van der Waals surface area contributed by atoms with Crippen molar-refractivity contribution < 1.29 is 29.1 Å². The molecule has 0 aliphatic heterocycles. The van der Waals surface area contributed by atoms with Gasteiger partial charge in [0, 0.05) is 12.8 Å². The lowest BCUT2D eigenvalue weighted by atomic mass is 10.0. The molecule has 0 aliphatic carbocycles. The molecule has 2 atom stereocenters. The van der Waals surface area contributed by atoms with Crippen molar-refractivity contribution in [3.63, 3.8) is 0 Å². The quantitative estimate of drug-likeness (QED) is 0.168. The van der Waals surface area contributed by atoms with Crippen molar-refractivity contribution >= 4 is 29.6 Å². The van der Waals surface area contributed by atoms with Crippen LogP contribution in [0.5, 0.6) is 0 Å². The first-order valence-electron chi connectivity index (χ1n) is 11.6. The summed E-state index contributed by atoms with van der Waals surface area (Å²) < 4.78 is 0. The molecule has 13 heteroatoms. The number of aromatic amines is 1. The van der Waals surface area contributed by atoms with Crippen LogP contribution in [0.25, 0.3) is 0 Å². The molecule has 0 saturated carbocycles. The minimum absolute atomic E-state index is 0.00951. The summed E-state index contributed by atoms with van der Waals surface area (Å²) >= 11 is 0. The fourth-order valence-corrected chi connectivity index (χ4v) is 3.48. The van der Waals surface area contributed by atoms with Gasteiger partial charge < -0.3 is 26.4 Å². The van der Waals surface area contributed by atoms with Crippen LogP contribution >= 0.6 is 0 Å². The highest BCUT2D eigenvalue weighted by Crippen LogP contribution is 2.06. The molecule has 198 valence electrons. The van der Waals surface area contributed by atoms with Gasteiger partial charge in [0.05, 0.1) is 12.7 Å². The standard InChI is InChI=1S/C25H27N7O6/c33-21(29-18(23(36)27-15-22(34)35)11-16-7-3-1-4-8-16)14-26-24(37)19(12-17-9-5-2-6-10-17)30-25(38)20-13-28-32-31-20/h1-10,13,18-19H,11-12,14-15H2,(H,26,37)(H,27,36)(H,29,33)(H,30,38)(H,34,35)(H,28,31,32)/t18-,19-/m0/s1.